The molecular formula is C34H34N6. The van der Waals surface area contributed by atoms with Crippen LogP contribution < -0.4 is 16.2 Å². The van der Waals surface area contributed by atoms with E-state index in [1.54, 1.807) is 0 Å². The third kappa shape index (κ3) is 5.91. The van der Waals surface area contributed by atoms with E-state index in [1.165, 1.54) is 19.3 Å². The SMILES string of the molecule is c1ccc(NNC(=Nc2c(-c3ccccc3)nn(-c3ccccc3)c2NC2CCCCC2)c2ccccc2)cc1. The maximum absolute atomic E-state index is 5.33. The summed E-state index contributed by atoms with van der Waals surface area (Å²) in [6.45, 7) is 0. The van der Waals surface area contributed by atoms with Gasteiger partial charge >= 0.3 is 0 Å². The first-order valence-electron chi connectivity index (χ1n) is 14.1. The molecule has 1 aliphatic carbocycles. The Bertz CT molecular complexity index is 1520. The standard InChI is InChI=1S/C34H34N6/c1-6-16-26(17-7-1)31-32(36-33(27-18-8-2-9-19-27)38-37-29-22-12-4-13-23-29)34(35-28-20-10-3-11-21-28)40(39-31)30-24-14-5-15-25-30/h1-2,4-9,12-19,22-25,28,35,37H,3,10-11,20-21H2,(H,36,38). The molecule has 0 aliphatic heterocycles. The number of amidine groups is 1. The van der Waals surface area contributed by atoms with E-state index in [0.717, 1.165) is 52.5 Å². The number of hydrogen-bond donors (Lipinski definition) is 3. The number of anilines is 2. The van der Waals surface area contributed by atoms with Gasteiger partial charge in [-0.1, -0.05) is 116 Å². The molecule has 0 bridgehead atoms. The highest BCUT2D eigenvalue weighted by atomic mass is 15.4. The highest BCUT2D eigenvalue weighted by molar-refractivity contribution is 6.03. The second-order valence-corrected chi connectivity index (χ2v) is 10.1. The highest BCUT2D eigenvalue weighted by Gasteiger charge is 2.24. The molecule has 3 N–H and O–H groups in total. The molecule has 6 rings (SSSR count). The summed E-state index contributed by atoms with van der Waals surface area (Å²) in [6.07, 6.45) is 6.05. The summed E-state index contributed by atoms with van der Waals surface area (Å²) in [5.74, 6) is 1.62. The van der Waals surface area contributed by atoms with E-state index < -0.39 is 0 Å². The van der Waals surface area contributed by atoms with Crippen LogP contribution >= 0.6 is 0 Å². The van der Waals surface area contributed by atoms with Crippen molar-refractivity contribution in [3.63, 3.8) is 0 Å². The molecule has 1 aliphatic rings. The topological polar surface area (TPSA) is 66.3 Å². The van der Waals surface area contributed by atoms with Crippen LogP contribution in [0.25, 0.3) is 16.9 Å². The lowest BCUT2D eigenvalue weighted by atomic mass is 9.95. The average Bonchev–Trinajstić information content (AvgIpc) is 3.39. The Morgan fingerprint density at radius 1 is 0.700 bits per heavy atom. The summed E-state index contributed by atoms with van der Waals surface area (Å²) in [6, 6.07) is 41.3. The van der Waals surface area contributed by atoms with Crippen molar-refractivity contribution < 1.29 is 0 Å². The van der Waals surface area contributed by atoms with Crippen LogP contribution in [0.1, 0.15) is 37.7 Å². The van der Waals surface area contributed by atoms with E-state index in [2.05, 4.69) is 52.6 Å². The summed E-state index contributed by atoms with van der Waals surface area (Å²) in [5, 5.41) is 9.06. The lowest BCUT2D eigenvalue weighted by Crippen LogP contribution is -2.30. The van der Waals surface area contributed by atoms with Gasteiger partial charge in [0.1, 0.15) is 11.4 Å². The van der Waals surface area contributed by atoms with Gasteiger partial charge in [0.05, 0.1) is 11.4 Å². The maximum atomic E-state index is 5.33. The minimum Gasteiger partial charge on any atom is -0.365 e. The van der Waals surface area contributed by atoms with Crippen molar-refractivity contribution in [2.24, 2.45) is 4.99 Å². The third-order valence-corrected chi connectivity index (χ3v) is 7.22. The van der Waals surface area contributed by atoms with Gasteiger partial charge in [-0.15, -0.1) is 0 Å². The minimum absolute atomic E-state index is 0.376. The van der Waals surface area contributed by atoms with Crippen molar-refractivity contribution in [2.75, 3.05) is 10.7 Å². The quantitative estimate of drug-likeness (QED) is 0.109. The molecule has 1 fully saturated rings. The van der Waals surface area contributed by atoms with Gasteiger partial charge in [0.2, 0.25) is 0 Å². The molecule has 6 nitrogen and oxygen atoms in total. The normalized spacial score (nSPS) is 14.1. The summed E-state index contributed by atoms with van der Waals surface area (Å²) < 4.78 is 2.02. The summed E-state index contributed by atoms with van der Waals surface area (Å²) in [5.41, 5.74) is 12.3. The molecule has 0 spiro atoms. The van der Waals surface area contributed by atoms with Gasteiger partial charge in [-0.2, -0.15) is 5.10 Å². The Morgan fingerprint density at radius 2 is 1.30 bits per heavy atom. The number of hydrogen-bond acceptors (Lipinski definition) is 4. The van der Waals surface area contributed by atoms with E-state index in [4.69, 9.17) is 10.1 Å². The second-order valence-electron chi connectivity index (χ2n) is 10.1. The van der Waals surface area contributed by atoms with Crippen LogP contribution in [0.4, 0.5) is 17.2 Å². The predicted molar refractivity (Wildman–Crippen MR) is 165 cm³/mol. The fourth-order valence-electron chi connectivity index (χ4n) is 5.16. The molecule has 200 valence electrons. The van der Waals surface area contributed by atoms with Gasteiger partial charge in [0.15, 0.2) is 11.7 Å². The molecule has 1 aromatic heterocycles. The van der Waals surface area contributed by atoms with Crippen molar-refractivity contribution in [1.82, 2.24) is 15.2 Å². The lowest BCUT2D eigenvalue weighted by molar-refractivity contribution is 0.461. The van der Waals surface area contributed by atoms with Crippen molar-refractivity contribution in [2.45, 2.75) is 38.1 Å². The van der Waals surface area contributed by atoms with Crippen molar-refractivity contribution in [1.29, 1.82) is 0 Å². The number of aliphatic imine (C=N–C) groups is 1. The van der Waals surface area contributed by atoms with E-state index in [-0.39, 0.29) is 0 Å². The van der Waals surface area contributed by atoms with E-state index in [0.29, 0.717) is 11.9 Å². The van der Waals surface area contributed by atoms with Gasteiger partial charge in [0.25, 0.3) is 0 Å². The first-order valence-corrected chi connectivity index (χ1v) is 14.1. The van der Waals surface area contributed by atoms with Crippen LogP contribution in [-0.2, 0) is 0 Å². The number of rotatable bonds is 8. The molecule has 4 aromatic carbocycles. The Morgan fingerprint density at radius 3 is 1.98 bits per heavy atom. The fraction of sp³-hybridized carbons (Fsp3) is 0.176. The number of hydrazine groups is 1. The van der Waals surface area contributed by atoms with Crippen molar-refractivity contribution >= 4 is 23.0 Å². The molecular weight excluding hydrogens is 492 g/mol. The average molecular weight is 527 g/mol. The Kier molecular flexibility index (Phi) is 7.85. The molecule has 0 amide bonds. The zero-order chi connectivity index (χ0) is 27.0. The van der Waals surface area contributed by atoms with Crippen LogP contribution in [0.2, 0.25) is 0 Å². The smallest absolute Gasteiger partial charge is 0.156 e. The molecule has 0 radical (unpaired) electrons. The fourth-order valence-corrected chi connectivity index (χ4v) is 5.16. The first-order chi connectivity index (χ1) is 19.8. The Labute approximate surface area is 235 Å². The van der Waals surface area contributed by atoms with E-state index in [1.807, 2.05) is 89.6 Å². The largest absolute Gasteiger partial charge is 0.365 e. The van der Waals surface area contributed by atoms with Gasteiger partial charge < -0.3 is 5.32 Å². The molecule has 0 atom stereocenters. The zero-order valence-corrected chi connectivity index (χ0v) is 22.5. The van der Waals surface area contributed by atoms with Crippen molar-refractivity contribution in [3.8, 4) is 16.9 Å². The lowest BCUT2D eigenvalue weighted by Gasteiger charge is -2.24. The Balaban J connectivity index is 1.52. The molecule has 40 heavy (non-hydrogen) atoms. The molecule has 0 saturated heterocycles. The highest BCUT2D eigenvalue weighted by Crippen LogP contribution is 2.40. The molecule has 0 unspecified atom stereocenters. The first kappa shape index (κ1) is 25.4. The Hall–Kier alpha value is -4.84. The van der Waals surface area contributed by atoms with Crippen molar-refractivity contribution in [3.05, 3.63) is 127 Å². The van der Waals surface area contributed by atoms with Gasteiger partial charge in [0, 0.05) is 17.2 Å². The molecule has 1 heterocycles. The second kappa shape index (κ2) is 12.3. The van der Waals surface area contributed by atoms with E-state index in [9.17, 15) is 0 Å². The van der Waals surface area contributed by atoms with Crippen LogP contribution in [0, 0.1) is 0 Å². The van der Waals surface area contributed by atoms with Gasteiger partial charge in [-0.05, 0) is 37.1 Å². The number of benzene rings is 4. The van der Waals surface area contributed by atoms with Gasteiger partial charge in [-0.3, -0.25) is 10.9 Å². The van der Waals surface area contributed by atoms with Gasteiger partial charge in [-0.25, -0.2) is 9.67 Å². The van der Waals surface area contributed by atoms with Crippen LogP contribution in [0.15, 0.2) is 126 Å². The molecule has 6 heteroatoms. The van der Waals surface area contributed by atoms with Crippen LogP contribution in [0.3, 0.4) is 0 Å². The summed E-state index contributed by atoms with van der Waals surface area (Å²) in [7, 11) is 0. The molecule has 5 aromatic rings. The van der Waals surface area contributed by atoms with E-state index >= 15 is 0 Å². The third-order valence-electron chi connectivity index (χ3n) is 7.22. The number of nitrogens with one attached hydrogen (secondary N) is 3. The summed E-state index contributed by atoms with van der Waals surface area (Å²) in [4.78, 5) is 5.33. The number of para-hydroxylation sites is 2. The summed E-state index contributed by atoms with van der Waals surface area (Å²) >= 11 is 0. The van der Waals surface area contributed by atoms with Crippen LogP contribution in [-0.4, -0.2) is 21.7 Å². The zero-order valence-electron chi connectivity index (χ0n) is 22.5. The van der Waals surface area contributed by atoms with Crippen LogP contribution in [0.5, 0.6) is 0 Å². The monoisotopic (exact) mass is 526 g/mol. The minimum atomic E-state index is 0.376. The maximum Gasteiger partial charge on any atom is 0.156 e. The predicted octanol–water partition coefficient (Wildman–Crippen LogP) is 7.98. The number of aromatic nitrogens is 2. The number of nitrogens with zero attached hydrogens (tertiary/aromatic N) is 3. The molecule has 1 saturated carbocycles.